The Bertz CT molecular complexity index is 1330. The average molecular weight is 451 g/mol. The number of hydrogen-bond donors (Lipinski definition) is 1. The molecule has 0 saturated carbocycles. The predicted octanol–water partition coefficient (Wildman–Crippen LogP) is 5.50. The standard InChI is InChI=1S/C22H15FN4O2S2/c1-13-2-8-16(9-3-13)25-20-17(11-24)26-19(29-20)10-18-21(28)27(22(30)31-18)12-14-4-6-15(23)7-5-14/h2-10,28H,12H2,1H3/b19-10+,25-20?. The van der Waals surface area contributed by atoms with Crippen molar-refractivity contribution in [3.63, 3.8) is 0 Å². The van der Waals surface area contributed by atoms with Crippen LogP contribution in [0.25, 0.3) is 6.08 Å². The van der Waals surface area contributed by atoms with E-state index in [1.807, 2.05) is 37.3 Å². The number of halogens is 1. The van der Waals surface area contributed by atoms with E-state index >= 15 is 0 Å². The molecule has 0 saturated heterocycles. The molecule has 31 heavy (non-hydrogen) atoms. The van der Waals surface area contributed by atoms with Gasteiger partial charge in [-0.2, -0.15) is 10.3 Å². The molecule has 6 nitrogen and oxygen atoms in total. The smallest absolute Gasteiger partial charge is 0.258 e. The lowest BCUT2D eigenvalue weighted by Gasteiger charge is -2.05. The fourth-order valence-electron chi connectivity index (χ4n) is 2.81. The molecule has 1 N–H and O–H groups in total. The van der Waals surface area contributed by atoms with Crippen LogP contribution < -0.4 is 0 Å². The maximum absolute atomic E-state index is 13.1. The van der Waals surface area contributed by atoms with Crippen LogP contribution in [-0.4, -0.2) is 21.3 Å². The van der Waals surface area contributed by atoms with Gasteiger partial charge in [0.25, 0.3) is 5.90 Å². The highest BCUT2D eigenvalue weighted by molar-refractivity contribution is 7.73. The van der Waals surface area contributed by atoms with Gasteiger partial charge in [-0.05, 0) is 49.0 Å². The first kappa shape index (κ1) is 20.7. The molecule has 0 unspecified atom stereocenters. The molecular formula is C22H15FN4O2S2. The van der Waals surface area contributed by atoms with Crippen molar-refractivity contribution in [3.8, 4) is 11.9 Å². The number of aromatic nitrogens is 1. The van der Waals surface area contributed by atoms with Crippen LogP contribution in [0.4, 0.5) is 10.1 Å². The van der Waals surface area contributed by atoms with E-state index in [1.165, 1.54) is 34.1 Å². The Morgan fingerprint density at radius 1 is 1.26 bits per heavy atom. The lowest BCUT2D eigenvalue weighted by atomic mass is 10.2. The van der Waals surface area contributed by atoms with Gasteiger partial charge in [0.1, 0.15) is 11.9 Å². The van der Waals surface area contributed by atoms with Gasteiger partial charge >= 0.3 is 0 Å². The maximum atomic E-state index is 13.1. The van der Waals surface area contributed by atoms with Crippen molar-refractivity contribution in [1.29, 1.82) is 5.26 Å². The second-order valence-electron chi connectivity index (χ2n) is 6.68. The number of aryl methyl sites for hydroxylation is 1. The zero-order valence-electron chi connectivity index (χ0n) is 16.2. The summed E-state index contributed by atoms with van der Waals surface area (Å²) in [5.41, 5.74) is 2.56. The van der Waals surface area contributed by atoms with E-state index in [1.54, 1.807) is 12.1 Å². The van der Waals surface area contributed by atoms with Crippen LogP contribution in [-0.2, 0) is 11.3 Å². The minimum atomic E-state index is -0.333. The number of rotatable bonds is 4. The highest BCUT2D eigenvalue weighted by Gasteiger charge is 2.23. The zero-order valence-corrected chi connectivity index (χ0v) is 17.9. The first-order valence-corrected chi connectivity index (χ1v) is 10.4. The van der Waals surface area contributed by atoms with Crippen molar-refractivity contribution in [2.24, 2.45) is 9.98 Å². The van der Waals surface area contributed by atoms with Gasteiger partial charge in [0.2, 0.25) is 17.5 Å². The third kappa shape index (κ3) is 4.60. The Kier molecular flexibility index (Phi) is 5.75. The molecule has 0 bridgehead atoms. The first-order chi connectivity index (χ1) is 14.9. The van der Waals surface area contributed by atoms with Crippen molar-refractivity contribution in [2.75, 3.05) is 0 Å². The van der Waals surface area contributed by atoms with Gasteiger partial charge in [0, 0.05) is 6.08 Å². The fourth-order valence-corrected chi connectivity index (χ4v) is 4.04. The molecule has 0 fully saturated rings. The molecule has 9 heteroatoms. The van der Waals surface area contributed by atoms with Crippen LogP contribution in [0.2, 0.25) is 0 Å². The number of aromatic hydroxyl groups is 1. The maximum Gasteiger partial charge on any atom is 0.258 e. The van der Waals surface area contributed by atoms with Crippen molar-refractivity contribution < 1.29 is 14.2 Å². The SMILES string of the molecule is Cc1ccc(N=C2O/C(=C/c3sc(=S)n(Cc4ccc(F)cc4)c3O)N=C2C#N)cc1. The third-order valence-corrected chi connectivity index (χ3v) is 5.78. The summed E-state index contributed by atoms with van der Waals surface area (Å²) in [6.45, 7) is 2.26. The second kappa shape index (κ2) is 8.63. The van der Waals surface area contributed by atoms with Crippen LogP contribution in [0.3, 0.4) is 0 Å². The molecule has 0 spiro atoms. The van der Waals surface area contributed by atoms with Gasteiger partial charge in [0.15, 0.2) is 3.95 Å². The fraction of sp³-hybridized carbons (Fsp3) is 0.0909. The predicted molar refractivity (Wildman–Crippen MR) is 121 cm³/mol. The Morgan fingerprint density at radius 2 is 1.97 bits per heavy atom. The summed E-state index contributed by atoms with van der Waals surface area (Å²) in [6, 6.07) is 15.4. The van der Waals surface area contributed by atoms with Crippen LogP contribution in [0.1, 0.15) is 16.0 Å². The molecule has 1 aliphatic heterocycles. The molecule has 1 aromatic heterocycles. The third-order valence-electron chi connectivity index (χ3n) is 4.40. The number of benzene rings is 2. The average Bonchev–Trinajstić information content (AvgIpc) is 3.26. The summed E-state index contributed by atoms with van der Waals surface area (Å²) >= 11 is 6.53. The molecule has 0 amide bonds. The van der Waals surface area contributed by atoms with Crippen molar-refractivity contribution in [1.82, 2.24) is 4.57 Å². The number of ether oxygens (including phenoxy) is 1. The van der Waals surface area contributed by atoms with Gasteiger partial charge in [-0.15, -0.1) is 11.3 Å². The van der Waals surface area contributed by atoms with Gasteiger partial charge in [-0.1, -0.05) is 29.8 Å². The van der Waals surface area contributed by atoms with Crippen LogP contribution in [0.15, 0.2) is 64.4 Å². The monoisotopic (exact) mass is 450 g/mol. The summed E-state index contributed by atoms with van der Waals surface area (Å²) in [6.07, 6.45) is 1.51. The minimum Gasteiger partial charge on any atom is -0.493 e. The summed E-state index contributed by atoms with van der Waals surface area (Å²) in [7, 11) is 0. The second-order valence-corrected chi connectivity index (χ2v) is 8.35. The summed E-state index contributed by atoms with van der Waals surface area (Å²) < 4.78 is 20.7. The van der Waals surface area contributed by atoms with E-state index < -0.39 is 0 Å². The lowest BCUT2D eigenvalue weighted by molar-refractivity contribution is 0.420. The largest absolute Gasteiger partial charge is 0.493 e. The number of aliphatic imine (C=N–C) groups is 2. The topological polar surface area (TPSA) is 82.9 Å². The Balaban J connectivity index is 1.61. The Hall–Kier alpha value is -3.61. The molecule has 1 aliphatic rings. The molecule has 0 aliphatic carbocycles. The highest BCUT2D eigenvalue weighted by atomic mass is 32.1. The normalized spacial score (nSPS) is 15.7. The van der Waals surface area contributed by atoms with E-state index in [-0.39, 0.29) is 29.2 Å². The molecule has 4 rings (SSSR count). The first-order valence-electron chi connectivity index (χ1n) is 9.14. The van der Waals surface area contributed by atoms with E-state index in [4.69, 9.17) is 17.0 Å². The quantitative estimate of drug-likeness (QED) is 0.532. The van der Waals surface area contributed by atoms with Crippen molar-refractivity contribution in [3.05, 3.63) is 80.2 Å². The van der Waals surface area contributed by atoms with Crippen molar-refractivity contribution >= 4 is 46.9 Å². The molecule has 2 heterocycles. The Morgan fingerprint density at radius 3 is 2.65 bits per heavy atom. The molecule has 0 radical (unpaired) electrons. The molecule has 3 aromatic rings. The van der Waals surface area contributed by atoms with E-state index in [0.717, 1.165) is 11.1 Å². The molecule has 154 valence electrons. The van der Waals surface area contributed by atoms with Gasteiger partial charge < -0.3 is 9.84 Å². The minimum absolute atomic E-state index is 0.0423. The van der Waals surface area contributed by atoms with Gasteiger partial charge in [-0.25, -0.2) is 9.38 Å². The number of hydrogen-bond acceptors (Lipinski definition) is 7. The molecular weight excluding hydrogens is 435 g/mol. The summed E-state index contributed by atoms with van der Waals surface area (Å²) in [5, 5.41) is 20.0. The number of thiazole rings is 1. The summed E-state index contributed by atoms with van der Waals surface area (Å²) in [5.74, 6) is -0.178. The Labute approximate surface area is 186 Å². The zero-order chi connectivity index (χ0) is 22.0. The van der Waals surface area contributed by atoms with Crippen LogP contribution >= 0.6 is 23.6 Å². The van der Waals surface area contributed by atoms with E-state index in [0.29, 0.717) is 21.1 Å². The number of nitriles is 1. The van der Waals surface area contributed by atoms with E-state index in [9.17, 15) is 14.8 Å². The van der Waals surface area contributed by atoms with Crippen molar-refractivity contribution in [2.45, 2.75) is 13.5 Å². The van der Waals surface area contributed by atoms with Gasteiger partial charge in [-0.3, -0.25) is 4.57 Å². The van der Waals surface area contributed by atoms with Crippen LogP contribution in [0.5, 0.6) is 5.88 Å². The van der Waals surface area contributed by atoms with Crippen LogP contribution in [0, 0.1) is 28.0 Å². The summed E-state index contributed by atoms with van der Waals surface area (Å²) in [4.78, 5) is 8.91. The van der Waals surface area contributed by atoms with Gasteiger partial charge in [0.05, 0.1) is 17.1 Å². The van der Waals surface area contributed by atoms with E-state index in [2.05, 4.69) is 9.98 Å². The molecule has 2 aromatic carbocycles. The lowest BCUT2D eigenvalue weighted by Crippen LogP contribution is -2.07. The highest BCUT2D eigenvalue weighted by Crippen LogP contribution is 2.31. The molecule has 0 atom stereocenters. The number of nitrogens with zero attached hydrogens (tertiary/aromatic N) is 4.